The minimum atomic E-state index is -0.897. The maximum atomic E-state index is 12.3. The maximum Gasteiger partial charge on any atom is 0.241 e. The van der Waals surface area contributed by atoms with Crippen LogP contribution in [0, 0.1) is 11.3 Å². The molecule has 1 aromatic carbocycles. The van der Waals surface area contributed by atoms with Gasteiger partial charge >= 0.3 is 0 Å². The minimum absolute atomic E-state index is 0.0605. The molecule has 24 heavy (non-hydrogen) atoms. The van der Waals surface area contributed by atoms with Gasteiger partial charge in [0.2, 0.25) is 11.8 Å². The van der Waals surface area contributed by atoms with E-state index in [-0.39, 0.29) is 24.2 Å². The number of hydrogen-bond acceptors (Lipinski definition) is 4. The van der Waals surface area contributed by atoms with Gasteiger partial charge in [0.1, 0.15) is 6.04 Å². The van der Waals surface area contributed by atoms with Gasteiger partial charge in [0.05, 0.1) is 18.5 Å². The molecule has 1 fully saturated rings. The van der Waals surface area contributed by atoms with Crippen molar-refractivity contribution in [2.75, 3.05) is 13.1 Å². The number of benzene rings is 1. The Balaban J connectivity index is 1.79. The molecular weight excluding hydrogens is 304 g/mol. The second kappa shape index (κ2) is 8.46. The van der Waals surface area contributed by atoms with E-state index in [1.54, 1.807) is 0 Å². The maximum absolute atomic E-state index is 12.3. The normalized spacial score (nSPS) is 19.4. The van der Waals surface area contributed by atoms with Crippen LogP contribution >= 0.6 is 0 Å². The average Bonchev–Trinajstić information content (AvgIpc) is 3.08. The predicted molar refractivity (Wildman–Crippen MR) is 90.8 cm³/mol. The molecule has 1 saturated heterocycles. The van der Waals surface area contributed by atoms with Crippen molar-refractivity contribution in [3.8, 4) is 6.07 Å². The van der Waals surface area contributed by atoms with Gasteiger partial charge in [-0.15, -0.1) is 0 Å². The predicted octanol–water partition coefficient (Wildman–Crippen LogP) is 1.14. The van der Waals surface area contributed by atoms with E-state index in [0.717, 1.165) is 12.0 Å². The molecule has 2 rings (SSSR count). The van der Waals surface area contributed by atoms with Gasteiger partial charge in [-0.25, -0.2) is 0 Å². The number of carbonyl (C=O) groups is 2. The van der Waals surface area contributed by atoms with Gasteiger partial charge in [-0.05, 0) is 24.3 Å². The van der Waals surface area contributed by atoms with Gasteiger partial charge in [-0.2, -0.15) is 5.26 Å². The summed E-state index contributed by atoms with van der Waals surface area (Å²) in [7, 11) is 0. The lowest BCUT2D eigenvalue weighted by Crippen LogP contribution is -2.47. The van der Waals surface area contributed by atoms with Gasteiger partial charge in [-0.3, -0.25) is 9.59 Å². The molecule has 0 aliphatic carbocycles. The lowest BCUT2D eigenvalue weighted by Gasteiger charge is -2.23. The van der Waals surface area contributed by atoms with Crippen LogP contribution in [0.15, 0.2) is 30.3 Å². The molecule has 0 radical (unpaired) electrons. The molecule has 1 heterocycles. The summed E-state index contributed by atoms with van der Waals surface area (Å²) in [6, 6.07) is 10.7. The van der Waals surface area contributed by atoms with Crippen LogP contribution in [-0.2, 0) is 9.59 Å². The van der Waals surface area contributed by atoms with E-state index in [9.17, 15) is 9.59 Å². The Labute approximate surface area is 142 Å². The Bertz CT molecular complexity index is 611. The van der Waals surface area contributed by atoms with Crippen molar-refractivity contribution in [1.29, 1.82) is 5.26 Å². The fraction of sp³-hybridized carbons (Fsp3) is 0.500. The fourth-order valence-corrected chi connectivity index (χ4v) is 2.90. The summed E-state index contributed by atoms with van der Waals surface area (Å²) in [5, 5.41) is 11.9. The van der Waals surface area contributed by atoms with Crippen LogP contribution in [0.25, 0.3) is 0 Å². The van der Waals surface area contributed by atoms with E-state index in [4.69, 9.17) is 11.0 Å². The van der Waals surface area contributed by atoms with E-state index in [0.29, 0.717) is 19.5 Å². The van der Waals surface area contributed by atoms with Gasteiger partial charge in [-0.1, -0.05) is 37.3 Å². The Morgan fingerprint density at radius 2 is 2.12 bits per heavy atom. The Kier molecular flexibility index (Phi) is 6.33. The highest BCUT2D eigenvalue weighted by Crippen LogP contribution is 2.18. The first-order valence-corrected chi connectivity index (χ1v) is 8.30. The number of nitrogens with zero attached hydrogens (tertiary/aromatic N) is 2. The smallest absolute Gasteiger partial charge is 0.241 e. The van der Waals surface area contributed by atoms with Crippen molar-refractivity contribution < 1.29 is 9.59 Å². The third kappa shape index (κ3) is 4.56. The second-order valence-electron chi connectivity index (χ2n) is 6.25. The number of hydrogen-bond donors (Lipinski definition) is 2. The summed E-state index contributed by atoms with van der Waals surface area (Å²) in [6.45, 7) is 3.06. The molecule has 0 aromatic heterocycles. The molecule has 3 atom stereocenters. The van der Waals surface area contributed by atoms with E-state index < -0.39 is 12.1 Å². The summed E-state index contributed by atoms with van der Waals surface area (Å²) < 4.78 is 0. The molecule has 2 amide bonds. The molecule has 0 spiro atoms. The summed E-state index contributed by atoms with van der Waals surface area (Å²) in [4.78, 5) is 25.8. The molecule has 6 nitrogen and oxygen atoms in total. The third-order valence-electron chi connectivity index (χ3n) is 4.38. The van der Waals surface area contributed by atoms with E-state index >= 15 is 0 Å². The Morgan fingerprint density at radius 1 is 1.42 bits per heavy atom. The van der Waals surface area contributed by atoms with Crippen LogP contribution in [-0.4, -0.2) is 41.9 Å². The van der Waals surface area contributed by atoms with Crippen LogP contribution in [0.5, 0.6) is 0 Å². The van der Waals surface area contributed by atoms with Gasteiger partial charge in [0, 0.05) is 13.1 Å². The average molecular weight is 328 g/mol. The number of likely N-dealkylation sites (tertiary alicyclic amines) is 1. The molecule has 1 aliphatic rings. The number of nitriles is 1. The summed E-state index contributed by atoms with van der Waals surface area (Å²) in [6.07, 6.45) is 1.42. The highest BCUT2D eigenvalue weighted by molar-refractivity contribution is 5.88. The highest BCUT2D eigenvalue weighted by atomic mass is 16.2. The molecule has 1 aliphatic heterocycles. The number of amides is 2. The standard InChI is InChI=1S/C18H24N4O2/c1-13(14-6-3-2-4-7-14)12-21-17(23)10-16(20)18(24)22-9-5-8-15(22)11-19/h2-4,6-7,13,15-16H,5,8-10,12,20H2,1H3,(H,21,23)/t13?,15-,16?/m0/s1. The van der Waals surface area contributed by atoms with Crippen LogP contribution in [0.1, 0.15) is 37.7 Å². The zero-order valence-electron chi connectivity index (χ0n) is 13.9. The van der Waals surface area contributed by atoms with E-state index in [2.05, 4.69) is 11.4 Å². The van der Waals surface area contributed by atoms with Crippen molar-refractivity contribution in [3.63, 3.8) is 0 Å². The quantitative estimate of drug-likeness (QED) is 0.818. The number of carbonyl (C=O) groups excluding carboxylic acids is 2. The highest BCUT2D eigenvalue weighted by Gasteiger charge is 2.32. The van der Waals surface area contributed by atoms with E-state index in [1.165, 1.54) is 4.90 Å². The lowest BCUT2D eigenvalue weighted by atomic mass is 10.0. The second-order valence-corrected chi connectivity index (χ2v) is 6.25. The number of rotatable bonds is 6. The summed E-state index contributed by atoms with van der Waals surface area (Å²) in [5.74, 6) is -0.375. The van der Waals surface area contributed by atoms with Crippen molar-refractivity contribution in [2.45, 2.75) is 44.2 Å². The van der Waals surface area contributed by atoms with Gasteiger partial charge < -0.3 is 16.0 Å². The topological polar surface area (TPSA) is 99.2 Å². The SMILES string of the molecule is CC(CNC(=O)CC(N)C(=O)N1CCC[C@H]1C#N)c1ccccc1. The Hall–Kier alpha value is -2.39. The van der Waals surface area contributed by atoms with Gasteiger partial charge in [0.25, 0.3) is 0 Å². The molecule has 0 saturated carbocycles. The van der Waals surface area contributed by atoms with Crippen LogP contribution in [0.3, 0.4) is 0 Å². The monoisotopic (exact) mass is 328 g/mol. The van der Waals surface area contributed by atoms with Crippen molar-refractivity contribution in [2.24, 2.45) is 5.73 Å². The first kappa shape index (κ1) is 18.0. The Morgan fingerprint density at radius 3 is 2.79 bits per heavy atom. The van der Waals surface area contributed by atoms with Crippen molar-refractivity contribution in [3.05, 3.63) is 35.9 Å². The van der Waals surface area contributed by atoms with Gasteiger partial charge in [0.15, 0.2) is 0 Å². The van der Waals surface area contributed by atoms with Crippen molar-refractivity contribution in [1.82, 2.24) is 10.2 Å². The fourth-order valence-electron chi connectivity index (χ4n) is 2.90. The molecule has 3 N–H and O–H groups in total. The van der Waals surface area contributed by atoms with Crippen LogP contribution in [0.2, 0.25) is 0 Å². The van der Waals surface area contributed by atoms with Crippen molar-refractivity contribution >= 4 is 11.8 Å². The zero-order chi connectivity index (χ0) is 17.5. The zero-order valence-corrected chi connectivity index (χ0v) is 13.9. The first-order chi connectivity index (χ1) is 11.5. The molecule has 6 heteroatoms. The summed E-state index contributed by atoms with van der Waals surface area (Å²) >= 11 is 0. The van der Waals surface area contributed by atoms with Crippen LogP contribution in [0.4, 0.5) is 0 Å². The number of nitrogens with one attached hydrogen (secondary N) is 1. The molecule has 1 aromatic rings. The first-order valence-electron chi connectivity index (χ1n) is 8.30. The van der Waals surface area contributed by atoms with E-state index in [1.807, 2.05) is 37.3 Å². The number of nitrogens with two attached hydrogens (primary N) is 1. The third-order valence-corrected chi connectivity index (χ3v) is 4.38. The molecule has 2 unspecified atom stereocenters. The minimum Gasteiger partial charge on any atom is -0.355 e. The molecule has 0 bridgehead atoms. The molecule has 128 valence electrons. The van der Waals surface area contributed by atoms with Crippen LogP contribution < -0.4 is 11.1 Å². The lowest BCUT2D eigenvalue weighted by molar-refractivity contribution is -0.135. The summed E-state index contributed by atoms with van der Waals surface area (Å²) in [5.41, 5.74) is 7.02. The largest absolute Gasteiger partial charge is 0.355 e. The molecular formula is C18H24N4O2.